The van der Waals surface area contributed by atoms with Crippen molar-refractivity contribution in [2.75, 3.05) is 0 Å². The van der Waals surface area contributed by atoms with Crippen molar-refractivity contribution in [1.29, 1.82) is 0 Å². The zero-order chi connectivity index (χ0) is 8.85. The van der Waals surface area contributed by atoms with Crippen LogP contribution in [0.2, 0.25) is 0 Å². The molecule has 64 valence electrons. The second kappa shape index (κ2) is 4.82. The predicted octanol–water partition coefficient (Wildman–Crippen LogP) is 1.78. The maximum Gasteiger partial charge on any atom is 0.332 e. The summed E-state index contributed by atoms with van der Waals surface area (Å²) in [5.74, 6) is -0.0243. The average Bonchev–Trinajstić information content (AvgIpc) is 1.86. The van der Waals surface area contributed by atoms with Crippen LogP contribution < -0.4 is 5.73 Å². The van der Waals surface area contributed by atoms with Crippen molar-refractivity contribution in [3.8, 4) is 0 Å². The maximum absolute atomic E-state index is 11.7. The van der Waals surface area contributed by atoms with Crippen molar-refractivity contribution < 1.29 is 8.78 Å². The van der Waals surface area contributed by atoms with E-state index in [-0.39, 0.29) is 5.92 Å². The lowest BCUT2D eigenvalue weighted by molar-refractivity contribution is 0.159. The average molecular weight is 162 g/mol. The van der Waals surface area contributed by atoms with Gasteiger partial charge < -0.3 is 5.73 Å². The maximum atomic E-state index is 11.7. The Morgan fingerprint density at radius 3 is 2.27 bits per heavy atom. The number of hydrogen-bond donors (Lipinski definition) is 1. The molecule has 0 radical (unpaired) electrons. The smallest absolute Gasteiger partial charge is 0.332 e. The molecule has 0 atom stereocenters. The summed E-state index contributed by atoms with van der Waals surface area (Å²) in [7, 11) is 0. The van der Waals surface area contributed by atoms with Gasteiger partial charge in [-0.25, -0.2) is 4.99 Å². The van der Waals surface area contributed by atoms with Gasteiger partial charge in [0.15, 0.2) is 0 Å². The van der Waals surface area contributed by atoms with E-state index in [9.17, 15) is 8.78 Å². The van der Waals surface area contributed by atoms with E-state index in [1.54, 1.807) is 13.8 Å². The van der Waals surface area contributed by atoms with Gasteiger partial charge in [-0.15, -0.1) is 0 Å². The normalized spacial score (nSPS) is 13.8. The summed E-state index contributed by atoms with van der Waals surface area (Å²) < 4.78 is 23.4. The molecule has 2 nitrogen and oxygen atoms in total. The van der Waals surface area contributed by atoms with Gasteiger partial charge in [-0.1, -0.05) is 13.8 Å². The van der Waals surface area contributed by atoms with E-state index < -0.39 is 6.55 Å². The van der Waals surface area contributed by atoms with Gasteiger partial charge in [0.2, 0.25) is 0 Å². The Morgan fingerprint density at radius 1 is 1.45 bits per heavy atom. The van der Waals surface area contributed by atoms with Crippen LogP contribution in [-0.2, 0) is 0 Å². The molecule has 0 aromatic rings. The molecular weight excluding hydrogens is 150 g/mol. The van der Waals surface area contributed by atoms with E-state index in [0.717, 1.165) is 0 Å². The number of rotatable bonds is 3. The first-order chi connectivity index (χ1) is 5.07. The molecule has 0 bridgehead atoms. The topological polar surface area (TPSA) is 38.4 Å². The summed E-state index contributed by atoms with van der Waals surface area (Å²) in [6.45, 7) is 0.909. The number of allylic oxidation sites excluding steroid dienone is 1. The summed E-state index contributed by atoms with van der Waals surface area (Å²) in [6.07, 6.45) is 2.60. The fourth-order valence-corrected chi connectivity index (χ4v) is 0.596. The second-order valence-corrected chi connectivity index (χ2v) is 2.35. The fourth-order valence-electron chi connectivity index (χ4n) is 0.596. The number of hydrogen-bond acceptors (Lipinski definition) is 2. The van der Waals surface area contributed by atoms with E-state index in [1.807, 2.05) is 0 Å². The molecular formula is C7H12F2N2. The standard InChI is InChI=1S/C7H12F2N2/c1-5(2)6(3-4-10)11-7(8)9/h3-5,7H,10H2,1-2H3. The van der Waals surface area contributed by atoms with E-state index in [4.69, 9.17) is 5.73 Å². The van der Waals surface area contributed by atoms with Gasteiger partial charge in [0.25, 0.3) is 0 Å². The summed E-state index contributed by atoms with van der Waals surface area (Å²) >= 11 is 0. The molecule has 2 N–H and O–H groups in total. The van der Waals surface area contributed by atoms with Gasteiger partial charge in [-0.3, -0.25) is 0 Å². The van der Waals surface area contributed by atoms with Crippen LogP contribution in [0.4, 0.5) is 8.78 Å². The summed E-state index contributed by atoms with van der Waals surface area (Å²) in [6, 6.07) is 0. The van der Waals surface area contributed by atoms with Crippen LogP contribution in [0.1, 0.15) is 13.8 Å². The lowest BCUT2D eigenvalue weighted by Crippen LogP contribution is -2.07. The lowest BCUT2D eigenvalue weighted by atomic mass is 10.1. The number of nitrogens with two attached hydrogens (primary N) is 1. The first kappa shape index (κ1) is 10.1. The lowest BCUT2D eigenvalue weighted by Gasteiger charge is -2.03. The Hall–Kier alpha value is -0.930. The second-order valence-electron chi connectivity index (χ2n) is 2.35. The van der Waals surface area contributed by atoms with Gasteiger partial charge in [0.1, 0.15) is 0 Å². The van der Waals surface area contributed by atoms with Gasteiger partial charge in [-0.2, -0.15) is 8.78 Å². The minimum absolute atomic E-state index is 0.0243. The highest BCUT2D eigenvalue weighted by Crippen LogP contribution is 2.03. The summed E-state index contributed by atoms with van der Waals surface area (Å²) in [5.41, 5.74) is 5.36. The van der Waals surface area contributed by atoms with Gasteiger partial charge in [0, 0.05) is 5.71 Å². The van der Waals surface area contributed by atoms with E-state index >= 15 is 0 Å². The largest absolute Gasteiger partial charge is 0.405 e. The monoisotopic (exact) mass is 162 g/mol. The van der Waals surface area contributed by atoms with Crippen LogP contribution in [0, 0.1) is 5.92 Å². The molecule has 0 spiro atoms. The molecule has 0 amide bonds. The third-order valence-corrected chi connectivity index (χ3v) is 1.11. The van der Waals surface area contributed by atoms with Crippen molar-refractivity contribution in [1.82, 2.24) is 0 Å². The molecule has 0 unspecified atom stereocenters. The third-order valence-electron chi connectivity index (χ3n) is 1.11. The van der Waals surface area contributed by atoms with E-state index in [2.05, 4.69) is 4.99 Å². The number of halogens is 2. The quantitative estimate of drug-likeness (QED) is 0.498. The highest BCUT2D eigenvalue weighted by molar-refractivity contribution is 5.96. The highest BCUT2D eigenvalue weighted by Gasteiger charge is 2.04. The molecule has 0 aromatic heterocycles. The SMILES string of the molecule is CC(C)C(C=CN)=NC(F)F. The molecule has 0 saturated carbocycles. The Labute approximate surface area is 64.8 Å². The minimum atomic E-state index is -2.65. The molecule has 0 aliphatic rings. The number of nitrogens with zero attached hydrogens (tertiary/aromatic N) is 1. The van der Waals surface area contributed by atoms with E-state index in [1.165, 1.54) is 12.3 Å². The van der Waals surface area contributed by atoms with Crippen LogP contribution in [0.5, 0.6) is 0 Å². The molecule has 0 fully saturated rings. The van der Waals surface area contributed by atoms with Crippen molar-refractivity contribution in [2.24, 2.45) is 16.6 Å². The van der Waals surface area contributed by atoms with Crippen LogP contribution >= 0.6 is 0 Å². The zero-order valence-electron chi connectivity index (χ0n) is 6.59. The van der Waals surface area contributed by atoms with Crippen molar-refractivity contribution in [3.05, 3.63) is 12.3 Å². The Bertz CT molecular complexity index is 162. The van der Waals surface area contributed by atoms with E-state index in [0.29, 0.717) is 5.71 Å². The van der Waals surface area contributed by atoms with Crippen LogP contribution in [-0.4, -0.2) is 12.3 Å². The molecule has 0 rings (SSSR count). The highest BCUT2D eigenvalue weighted by atomic mass is 19.3. The zero-order valence-corrected chi connectivity index (χ0v) is 6.59. The molecule has 4 heteroatoms. The Balaban J connectivity index is 4.33. The minimum Gasteiger partial charge on any atom is -0.405 e. The van der Waals surface area contributed by atoms with Gasteiger partial charge in [0.05, 0.1) is 0 Å². The molecule has 0 saturated heterocycles. The summed E-state index contributed by atoms with van der Waals surface area (Å²) in [5, 5.41) is 0. The Morgan fingerprint density at radius 2 is 2.00 bits per heavy atom. The predicted molar refractivity (Wildman–Crippen MR) is 41.6 cm³/mol. The van der Waals surface area contributed by atoms with Crippen molar-refractivity contribution in [3.63, 3.8) is 0 Å². The number of alkyl halides is 2. The van der Waals surface area contributed by atoms with Crippen LogP contribution in [0.25, 0.3) is 0 Å². The molecule has 0 heterocycles. The van der Waals surface area contributed by atoms with Gasteiger partial charge >= 0.3 is 6.55 Å². The van der Waals surface area contributed by atoms with Crippen LogP contribution in [0.15, 0.2) is 17.3 Å². The van der Waals surface area contributed by atoms with Gasteiger partial charge in [-0.05, 0) is 18.2 Å². The Kier molecular flexibility index (Phi) is 4.41. The number of aliphatic imine (C=N–C) groups is 1. The fraction of sp³-hybridized carbons (Fsp3) is 0.571. The summed E-state index contributed by atoms with van der Waals surface area (Å²) in [4.78, 5) is 3.08. The first-order valence-corrected chi connectivity index (χ1v) is 3.32. The molecule has 0 aromatic carbocycles. The third kappa shape index (κ3) is 4.47. The molecule has 11 heavy (non-hydrogen) atoms. The van der Waals surface area contributed by atoms with Crippen molar-refractivity contribution >= 4 is 5.71 Å². The molecule has 0 aliphatic carbocycles. The molecule has 0 aliphatic heterocycles. The van der Waals surface area contributed by atoms with Crippen molar-refractivity contribution in [2.45, 2.75) is 20.4 Å². The first-order valence-electron chi connectivity index (χ1n) is 3.32. The van der Waals surface area contributed by atoms with Crippen LogP contribution in [0.3, 0.4) is 0 Å².